The zero-order valence-electron chi connectivity index (χ0n) is 12.0. The van der Waals surface area contributed by atoms with Crippen molar-refractivity contribution in [2.45, 2.75) is 25.8 Å². The summed E-state index contributed by atoms with van der Waals surface area (Å²) in [6.07, 6.45) is 0.240. The number of rotatable bonds is 5. The molecule has 21 heavy (non-hydrogen) atoms. The zero-order valence-corrected chi connectivity index (χ0v) is 13.6. The van der Waals surface area contributed by atoms with Gasteiger partial charge in [-0.3, -0.25) is 4.79 Å². The first-order valence-corrected chi connectivity index (χ1v) is 7.87. The summed E-state index contributed by atoms with van der Waals surface area (Å²) >= 11 is 7.64. The van der Waals surface area contributed by atoms with Crippen molar-refractivity contribution in [3.8, 4) is 10.6 Å². The second kappa shape index (κ2) is 6.56. The van der Waals surface area contributed by atoms with Crippen molar-refractivity contribution in [1.82, 2.24) is 10.3 Å². The van der Waals surface area contributed by atoms with Gasteiger partial charge in [-0.2, -0.15) is 0 Å². The van der Waals surface area contributed by atoms with E-state index < -0.39 is 5.54 Å². The Morgan fingerprint density at radius 1 is 1.43 bits per heavy atom. The van der Waals surface area contributed by atoms with Crippen molar-refractivity contribution in [3.63, 3.8) is 0 Å². The lowest BCUT2D eigenvalue weighted by Gasteiger charge is -2.23. The Morgan fingerprint density at radius 3 is 2.81 bits per heavy atom. The van der Waals surface area contributed by atoms with Crippen LogP contribution in [0.15, 0.2) is 29.6 Å². The number of halogens is 1. The van der Waals surface area contributed by atoms with Crippen molar-refractivity contribution in [2.75, 3.05) is 6.54 Å². The van der Waals surface area contributed by atoms with Gasteiger partial charge in [0.15, 0.2) is 0 Å². The van der Waals surface area contributed by atoms with Gasteiger partial charge in [-0.05, 0) is 19.9 Å². The standard InChI is InChI=1S/C15H18ClN3OS/c1-15(2,9-17)19-13(20)7-10-8-21-14(18-10)11-5-3-4-6-12(11)16/h3-6,8H,7,9,17H2,1-2H3,(H,19,20). The fourth-order valence-electron chi connectivity index (χ4n) is 1.78. The van der Waals surface area contributed by atoms with Gasteiger partial charge in [0.1, 0.15) is 5.01 Å². The second-order valence-corrected chi connectivity index (χ2v) is 6.70. The highest BCUT2D eigenvalue weighted by molar-refractivity contribution is 7.13. The average Bonchev–Trinajstić information content (AvgIpc) is 2.86. The third-order valence-electron chi connectivity index (χ3n) is 2.99. The third-order valence-corrected chi connectivity index (χ3v) is 4.24. The van der Waals surface area contributed by atoms with E-state index in [0.717, 1.165) is 16.3 Å². The Labute approximate surface area is 133 Å². The first-order valence-electron chi connectivity index (χ1n) is 6.62. The molecule has 4 nitrogen and oxygen atoms in total. The molecule has 0 spiro atoms. The van der Waals surface area contributed by atoms with E-state index >= 15 is 0 Å². The number of aromatic nitrogens is 1. The summed E-state index contributed by atoms with van der Waals surface area (Å²) in [6, 6.07) is 7.54. The number of nitrogens with zero attached hydrogens (tertiary/aromatic N) is 1. The molecule has 1 heterocycles. The molecule has 1 aromatic heterocycles. The highest BCUT2D eigenvalue weighted by Gasteiger charge is 2.19. The van der Waals surface area contributed by atoms with E-state index in [1.807, 2.05) is 43.5 Å². The first-order chi connectivity index (χ1) is 9.91. The van der Waals surface area contributed by atoms with E-state index in [2.05, 4.69) is 10.3 Å². The molecule has 3 N–H and O–H groups in total. The van der Waals surface area contributed by atoms with Crippen LogP contribution in [0.2, 0.25) is 5.02 Å². The Morgan fingerprint density at radius 2 is 2.14 bits per heavy atom. The number of carbonyl (C=O) groups is 1. The minimum Gasteiger partial charge on any atom is -0.350 e. The smallest absolute Gasteiger partial charge is 0.226 e. The van der Waals surface area contributed by atoms with Gasteiger partial charge in [0.05, 0.1) is 17.1 Å². The van der Waals surface area contributed by atoms with Gasteiger partial charge in [-0.1, -0.05) is 29.8 Å². The monoisotopic (exact) mass is 323 g/mol. The van der Waals surface area contributed by atoms with E-state index in [1.165, 1.54) is 11.3 Å². The molecule has 6 heteroatoms. The number of hydrogen-bond acceptors (Lipinski definition) is 4. The minimum absolute atomic E-state index is 0.0820. The highest BCUT2D eigenvalue weighted by atomic mass is 35.5. The molecule has 2 rings (SSSR count). The van der Waals surface area contributed by atoms with Crippen molar-refractivity contribution >= 4 is 28.8 Å². The van der Waals surface area contributed by atoms with E-state index in [9.17, 15) is 4.79 Å². The van der Waals surface area contributed by atoms with Crippen LogP contribution >= 0.6 is 22.9 Å². The molecule has 1 aromatic carbocycles. The van der Waals surface area contributed by atoms with Crippen molar-refractivity contribution < 1.29 is 4.79 Å². The molecular formula is C15H18ClN3OS. The fourth-order valence-corrected chi connectivity index (χ4v) is 2.92. The lowest BCUT2D eigenvalue weighted by atomic mass is 10.1. The van der Waals surface area contributed by atoms with Crippen LogP contribution in [0.25, 0.3) is 10.6 Å². The molecule has 0 atom stereocenters. The lowest BCUT2D eigenvalue weighted by molar-refractivity contribution is -0.121. The molecule has 0 saturated carbocycles. The van der Waals surface area contributed by atoms with Gasteiger partial charge in [-0.25, -0.2) is 4.98 Å². The Balaban J connectivity index is 2.08. The molecule has 112 valence electrons. The SMILES string of the molecule is CC(C)(CN)NC(=O)Cc1csc(-c2ccccc2Cl)n1. The van der Waals surface area contributed by atoms with E-state index in [4.69, 9.17) is 17.3 Å². The summed E-state index contributed by atoms with van der Waals surface area (Å²) in [5.41, 5.74) is 6.82. The average molecular weight is 324 g/mol. The van der Waals surface area contributed by atoms with Crippen LogP contribution in [0.4, 0.5) is 0 Å². The van der Waals surface area contributed by atoms with Gasteiger partial charge in [0.2, 0.25) is 5.91 Å². The van der Waals surface area contributed by atoms with Crippen LogP contribution in [0.5, 0.6) is 0 Å². The summed E-state index contributed by atoms with van der Waals surface area (Å²) < 4.78 is 0. The molecule has 0 aliphatic carbocycles. The fraction of sp³-hybridized carbons (Fsp3) is 0.333. The quantitative estimate of drug-likeness (QED) is 0.889. The minimum atomic E-state index is -0.404. The number of amides is 1. The maximum Gasteiger partial charge on any atom is 0.226 e. The number of thiazole rings is 1. The predicted molar refractivity (Wildman–Crippen MR) is 87.5 cm³/mol. The molecule has 0 aliphatic rings. The maximum atomic E-state index is 12.0. The normalized spacial score (nSPS) is 11.4. The van der Waals surface area contributed by atoms with Gasteiger partial charge >= 0.3 is 0 Å². The van der Waals surface area contributed by atoms with Crippen LogP contribution in [0.1, 0.15) is 19.5 Å². The zero-order chi connectivity index (χ0) is 15.5. The molecule has 2 aromatic rings. The summed E-state index contributed by atoms with van der Waals surface area (Å²) in [6.45, 7) is 4.17. The third kappa shape index (κ3) is 4.27. The molecule has 0 radical (unpaired) electrons. The molecule has 0 unspecified atom stereocenters. The van der Waals surface area contributed by atoms with Gasteiger partial charge in [0, 0.05) is 23.0 Å². The van der Waals surface area contributed by atoms with E-state index in [0.29, 0.717) is 11.6 Å². The van der Waals surface area contributed by atoms with Crippen molar-refractivity contribution in [1.29, 1.82) is 0 Å². The Hall–Kier alpha value is -1.43. The maximum absolute atomic E-state index is 12.0. The first kappa shape index (κ1) is 15.9. The highest BCUT2D eigenvalue weighted by Crippen LogP contribution is 2.30. The lowest BCUT2D eigenvalue weighted by Crippen LogP contribution is -2.49. The number of hydrogen-bond donors (Lipinski definition) is 2. The number of nitrogens with two attached hydrogens (primary N) is 1. The largest absolute Gasteiger partial charge is 0.350 e. The van der Waals surface area contributed by atoms with Crippen LogP contribution in [0.3, 0.4) is 0 Å². The molecule has 0 saturated heterocycles. The van der Waals surface area contributed by atoms with Crippen LogP contribution < -0.4 is 11.1 Å². The van der Waals surface area contributed by atoms with Crippen LogP contribution in [-0.4, -0.2) is 23.0 Å². The van der Waals surface area contributed by atoms with Gasteiger partial charge < -0.3 is 11.1 Å². The molecule has 0 aliphatic heterocycles. The second-order valence-electron chi connectivity index (χ2n) is 5.44. The molecule has 0 bridgehead atoms. The molecule has 1 amide bonds. The van der Waals surface area contributed by atoms with Gasteiger partial charge in [0.25, 0.3) is 0 Å². The summed E-state index contributed by atoms with van der Waals surface area (Å²) in [5, 5.41) is 6.25. The van der Waals surface area contributed by atoms with E-state index in [-0.39, 0.29) is 12.3 Å². The predicted octanol–water partition coefficient (Wildman–Crippen LogP) is 2.86. The van der Waals surface area contributed by atoms with Gasteiger partial charge in [-0.15, -0.1) is 11.3 Å². The number of benzene rings is 1. The summed E-state index contributed by atoms with van der Waals surface area (Å²) in [5.74, 6) is -0.0820. The number of carbonyl (C=O) groups excluding carboxylic acids is 1. The molecular weight excluding hydrogens is 306 g/mol. The van der Waals surface area contributed by atoms with Crippen molar-refractivity contribution in [3.05, 3.63) is 40.4 Å². The van der Waals surface area contributed by atoms with Crippen LogP contribution in [0, 0.1) is 0 Å². The Kier molecular flexibility index (Phi) is 4.98. The Bertz CT molecular complexity index is 639. The number of nitrogens with one attached hydrogen (secondary N) is 1. The van der Waals surface area contributed by atoms with Crippen molar-refractivity contribution in [2.24, 2.45) is 5.73 Å². The van der Waals surface area contributed by atoms with Crippen LogP contribution in [-0.2, 0) is 11.2 Å². The molecule has 0 fully saturated rings. The summed E-state index contributed by atoms with van der Waals surface area (Å²) in [4.78, 5) is 16.5. The van der Waals surface area contributed by atoms with E-state index in [1.54, 1.807) is 0 Å². The summed E-state index contributed by atoms with van der Waals surface area (Å²) in [7, 11) is 0. The topological polar surface area (TPSA) is 68.0 Å².